The van der Waals surface area contributed by atoms with Crippen molar-refractivity contribution in [3.8, 4) is 0 Å². The quantitative estimate of drug-likeness (QED) is 0.198. The predicted octanol–water partition coefficient (Wildman–Crippen LogP) is 3.36. The van der Waals surface area contributed by atoms with Gasteiger partial charge in [-0.15, -0.1) is 23.2 Å². The summed E-state index contributed by atoms with van der Waals surface area (Å²) in [5, 5.41) is 12.6. The van der Waals surface area contributed by atoms with Crippen molar-refractivity contribution in [2.24, 2.45) is 23.7 Å². The number of benzene rings is 2. The molecule has 0 unspecified atom stereocenters. The largest absolute Gasteiger partial charge is 0.452 e. The molecule has 2 saturated carbocycles. The highest BCUT2D eigenvalue weighted by atomic mass is 35.5. The first-order chi connectivity index (χ1) is 17.2. The molecule has 10 nitrogen and oxygen atoms in total. The van der Waals surface area contributed by atoms with Crippen LogP contribution in [0.15, 0.2) is 48.5 Å². The Morgan fingerprint density at radius 2 is 1.64 bits per heavy atom. The number of anilines is 2. The summed E-state index contributed by atoms with van der Waals surface area (Å²) < 4.78 is 5.01. The SMILES string of the molecule is O=C(COC(=O)c1ccc(N2C(=O)[C@@H]3[C@H]4C[C@@H]([C@@H](Cl)[C@H]4Cl)[C@H]3C2=O)cc1)Nc1cccc([N+](=O)[O-])c1. The molecular weight excluding hydrogens is 513 g/mol. The number of halogens is 2. The molecule has 186 valence electrons. The predicted molar refractivity (Wildman–Crippen MR) is 129 cm³/mol. The second-order valence-electron chi connectivity index (χ2n) is 8.99. The minimum absolute atomic E-state index is 0.114. The molecular formula is C24H19Cl2N3O7. The number of amides is 3. The molecule has 1 N–H and O–H groups in total. The van der Waals surface area contributed by atoms with E-state index in [0.717, 1.165) is 4.90 Å². The van der Waals surface area contributed by atoms with Gasteiger partial charge in [0.05, 0.1) is 38.8 Å². The number of nitro benzene ring substituents is 1. The second-order valence-corrected chi connectivity index (χ2v) is 10.0. The van der Waals surface area contributed by atoms with Gasteiger partial charge < -0.3 is 10.1 Å². The Morgan fingerprint density at radius 3 is 2.22 bits per heavy atom. The lowest BCUT2D eigenvalue weighted by atomic mass is 9.80. The van der Waals surface area contributed by atoms with Gasteiger partial charge in [0.2, 0.25) is 11.8 Å². The molecule has 2 aromatic carbocycles. The van der Waals surface area contributed by atoms with Gasteiger partial charge in [0.15, 0.2) is 6.61 Å². The first-order valence-corrected chi connectivity index (χ1v) is 12.0. The van der Waals surface area contributed by atoms with Gasteiger partial charge in [0, 0.05) is 17.8 Å². The normalized spacial score (nSPS) is 28.2. The Labute approximate surface area is 214 Å². The van der Waals surface area contributed by atoms with Crippen molar-refractivity contribution in [2.45, 2.75) is 17.2 Å². The average Bonchev–Trinajstić information content (AvgIpc) is 3.47. The Hall–Kier alpha value is -3.50. The molecule has 36 heavy (non-hydrogen) atoms. The maximum Gasteiger partial charge on any atom is 0.338 e. The zero-order chi connectivity index (χ0) is 25.7. The Morgan fingerprint density at radius 1 is 1.03 bits per heavy atom. The molecule has 0 spiro atoms. The lowest BCUT2D eigenvalue weighted by Crippen LogP contribution is -2.37. The molecule has 0 aromatic heterocycles. The minimum atomic E-state index is -0.792. The van der Waals surface area contributed by atoms with Crippen LogP contribution in [0.25, 0.3) is 0 Å². The smallest absolute Gasteiger partial charge is 0.338 e. The van der Waals surface area contributed by atoms with E-state index in [1.54, 1.807) is 0 Å². The van der Waals surface area contributed by atoms with Crippen molar-refractivity contribution < 1.29 is 28.8 Å². The van der Waals surface area contributed by atoms with Crippen LogP contribution < -0.4 is 10.2 Å². The van der Waals surface area contributed by atoms with E-state index in [2.05, 4.69) is 5.32 Å². The molecule has 3 fully saturated rings. The number of nitro groups is 1. The number of nitrogens with one attached hydrogen (secondary N) is 1. The van der Waals surface area contributed by atoms with Crippen LogP contribution in [-0.4, -0.2) is 46.0 Å². The van der Waals surface area contributed by atoms with E-state index in [0.29, 0.717) is 12.1 Å². The number of carbonyl (C=O) groups is 4. The lowest BCUT2D eigenvalue weighted by molar-refractivity contribution is -0.384. The fourth-order valence-corrected chi connectivity index (χ4v) is 6.35. The number of imide groups is 1. The van der Waals surface area contributed by atoms with Gasteiger partial charge in [0.25, 0.3) is 11.6 Å². The maximum absolute atomic E-state index is 13.1. The lowest BCUT2D eigenvalue weighted by Gasteiger charge is -2.28. The van der Waals surface area contributed by atoms with E-state index in [1.165, 1.54) is 48.5 Å². The summed E-state index contributed by atoms with van der Waals surface area (Å²) >= 11 is 12.8. The van der Waals surface area contributed by atoms with E-state index in [9.17, 15) is 29.3 Å². The highest BCUT2D eigenvalue weighted by molar-refractivity contribution is 6.32. The van der Waals surface area contributed by atoms with Gasteiger partial charge in [-0.25, -0.2) is 4.79 Å². The van der Waals surface area contributed by atoms with E-state index < -0.39 is 35.2 Å². The third-order valence-corrected chi connectivity index (χ3v) is 8.34. The van der Waals surface area contributed by atoms with Crippen molar-refractivity contribution in [3.63, 3.8) is 0 Å². The molecule has 3 amide bonds. The van der Waals surface area contributed by atoms with Crippen LogP contribution >= 0.6 is 23.2 Å². The third kappa shape index (κ3) is 4.00. The van der Waals surface area contributed by atoms with Crippen LogP contribution in [0.4, 0.5) is 17.1 Å². The van der Waals surface area contributed by atoms with Gasteiger partial charge in [-0.3, -0.25) is 29.4 Å². The van der Waals surface area contributed by atoms with Crippen molar-refractivity contribution >= 4 is 64.0 Å². The number of non-ortho nitro benzene ring substituents is 1. The fraction of sp³-hybridized carbons (Fsp3) is 0.333. The van der Waals surface area contributed by atoms with Crippen LogP contribution in [-0.2, 0) is 19.1 Å². The molecule has 1 aliphatic heterocycles. The highest BCUT2D eigenvalue weighted by Gasteiger charge is 2.66. The molecule has 1 saturated heterocycles. The third-order valence-electron chi connectivity index (χ3n) is 7.02. The van der Waals surface area contributed by atoms with Gasteiger partial charge in [0.1, 0.15) is 0 Å². The van der Waals surface area contributed by atoms with Crippen molar-refractivity contribution in [3.05, 3.63) is 64.2 Å². The topological polar surface area (TPSA) is 136 Å². The van der Waals surface area contributed by atoms with Gasteiger partial charge >= 0.3 is 5.97 Å². The van der Waals surface area contributed by atoms with Crippen molar-refractivity contribution in [1.29, 1.82) is 0 Å². The first kappa shape index (κ1) is 24.2. The van der Waals surface area contributed by atoms with Gasteiger partial charge in [-0.2, -0.15) is 0 Å². The number of rotatable bonds is 6. The zero-order valence-electron chi connectivity index (χ0n) is 18.5. The molecule has 12 heteroatoms. The van der Waals surface area contributed by atoms with E-state index in [1.807, 2.05) is 0 Å². The molecule has 2 aromatic rings. The van der Waals surface area contributed by atoms with E-state index in [4.69, 9.17) is 27.9 Å². The number of fused-ring (bicyclic) bond motifs is 5. The molecule has 2 aliphatic carbocycles. The fourth-order valence-electron chi connectivity index (χ4n) is 5.46. The molecule has 3 aliphatic rings. The monoisotopic (exact) mass is 531 g/mol. The minimum Gasteiger partial charge on any atom is -0.452 e. The van der Waals surface area contributed by atoms with Crippen LogP contribution in [0, 0.1) is 33.8 Å². The number of nitrogens with zero attached hydrogens (tertiary/aromatic N) is 2. The number of esters is 1. The van der Waals surface area contributed by atoms with Crippen LogP contribution in [0.3, 0.4) is 0 Å². The van der Waals surface area contributed by atoms with Crippen molar-refractivity contribution in [2.75, 3.05) is 16.8 Å². The molecule has 6 atom stereocenters. The van der Waals surface area contributed by atoms with E-state index in [-0.39, 0.29) is 51.3 Å². The Balaban J connectivity index is 1.20. The zero-order valence-corrected chi connectivity index (χ0v) is 20.0. The molecule has 5 rings (SSSR count). The summed E-state index contributed by atoms with van der Waals surface area (Å²) in [6, 6.07) is 11.1. The molecule has 2 bridgehead atoms. The summed E-state index contributed by atoms with van der Waals surface area (Å²) in [5.74, 6) is -3.30. The van der Waals surface area contributed by atoms with Crippen LogP contribution in [0.1, 0.15) is 16.8 Å². The number of hydrogen-bond donors (Lipinski definition) is 1. The Kier molecular flexibility index (Phi) is 6.17. The van der Waals surface area contributed by atoms with Crippen LogP contribution in [0.2, 0.25) is 0 Å². The molecule has 0 radical (unpaired) electrons. The standard InChI is InChI=1S/C24H19Cl2N3O7/c25-20-15-9-16(21(20)26)19-18(15)22(31)28(23(19)32)13-6-4-11(5-7-13)24(33)36-10-17(30)27-12-2-1-3-14(8-12)29(34)35/h1-8,15-16,18-21H,9-10H2,(H,27,30)/t15-,16-,18-,19-,20-,21+/m1/s1. The highest BCUT2D eigenvalue weighted by Crippen LogP contribution is 2.59. The number of hydrogen-bond acceptors (Lipinski definition) is 7. The Bertz CT molecular complexity index is 1250. The first-order valence-electron chi connectivity index (χ1n) is 11.1. The van der Waals surface area contributed by atoms with Crippen molar-refractivity contribution in [1.82, 2.24) is 0 Å². The average molecular weight is 532 g/mol. The van der Waals surface area contributed by atoms with E-state index >= 15 is 0 Å². The van der Waals surface area contributed by atoms with Crippen LogP contribution in [0.5, 0.6) is 0 Å². The summed E-state index contributed by atoms with van der Waals surface area (Å²) in [7, 11) is 0. The number of alkyl halides is 2. The number of carbonyl (C=O) groups excluding carboxylic acids is 4. The summed E-state index contributed by atoms with van der Waals surface area (Å²) in [4.78, 5) is 62.0. The summed E-state index contributed by atoms with van der Waals surface area (Å²) in [5.41, 5.74) is 0.439. The summed E-state index contributed by atoms with van der Waals surface area (Å²) in [6.07, 6.45) is 0.669. The van der Waals surface area contributed by atoms with Gasteiger partial charge in [-0.05, 0) is 48.6 Å². The number of ether oxygens (including phenoxy) is 1. The second kappa shape index (κ2) is 9.18. The maximum atomic E-state index is 13.1. The summed E-state index contributed by atoms with van der Waals surface area (Å²) in [6.45, 7) is -0.613. The van der Waals surface area contributed by atoms with Gasteiger partial charge in [-0.1, -0.05) is 6.07 Å². The molecule has 1 heterocycles.